The Balaban J connectivity index is 2.01. The molecule has 0 aliphatic rings. The van der Waals surface area contributed by atoms with Crippen LogP contribution in [0.1, 0.15) is 22.6 Å². The smallest absolute Gasteiger partial charge is 0.163 e. The molecule has 1 heterocycles. The third-order valence-corrected chi connectivity index (χ3v) is 2.71. The number of Topliss-reactive ketones (excluding diaryl/α,β-unsaturated/α-hetero) is 1. The molecule has 0 bridgehead atoms. The van der Waals surface area contributed by atoms with Crippen molar-refractivity contribution in [3.63, 3.8) is 0 Å². The lowest BCUT2D eigenvalue weighted by Crippen LogP contribution is -2.05. The highest BCUT2D eigenvalue weighted by atomic mass is 16.1. The lowest BCUT2D eigenvalue weighted by atomic mass is 10.1. The molecule has 2 rings (SSSR count). The fraction of sp³-hybridized carbons (Fsp3) is 0.231. The summed E-state index contributed by atoms with van der Waals surface area (Å²) in [5, 5.41) is 0. The first-order valence-corrected chi connectivity index (χ1v) is 5.52. The summed E-state index contributed by atoms with van der Waals surface area (Å²) in [6.45, 7) is 0. The van der Waals surface area contributed by atoms with Crippen LogP contribution in [0.4, 0.5) is 5.69 Å². The van der Waals surface area contributed by atoms with Gasteiger partial charge in [-0.2, -0.15) is 0 Å². The van der Waals surface area contributed by atoms with E-state index in [0.29, 0.717) is 24.1 Å². The number of hydrogen-bond donors (Lipinski definition) is 1. The Kier molecular flexibility index (Phi) is 3.23. The summed E-state index contributed by atoms with van der Waals surface area (Å²) < 4.78 is 1.92. The van der Waals surface area contributed by atoms with Crippen LogP contribution < -0.4 is 5.73 Å². The predicted octanol–water partition coefficient (Wildman–Crippen LogP) is 1.82. The molecule has 0 amide bonds. The van der Waals surface area contributed by atoms with Crippen LogP contribution in [0.15, 0.2) is 36.7 Å². The van der Waals surface area contributed by atoms with Crippen molar-refractivity contribution >= 4 is 11.5 Å². The highest BCUT2D eigenvalue weighted by Gasteiger charge is 2.08. The normalized spacial score (nSPS) is 10.4. The molecule has 0 aliphatic carbocycles. The summed E-state index contributed by atoms with van der Waals surface area (Å²) in [7, 11) is 1.92. The third kappa shape index (κ3) is 2.72. The summed E-state index contributed by atoms with van der Waals surface area (Å²) in [5.41, 5.74) is 6.93. The second-order valence-electron chi connectivity index (χ2n) is 4.00. The molecule has 17 heavy (non-hydrogen) atoms. The highest BCUT2D eigenvalue weighted by Crippen LogP contribution is 2.10. The van der Waals surface area contributed by atoms with Crippen molar-refractivity contribution in [3.05, 3.63) is 48.0 Å². The van der Waals surface area contributed by atoms with E-state index >= 15 is 0 Å². The van der Waals surface area contributed by atoms with Crippen molar-refractivity contribution < 1.29 is 4.79 Å². The van der Waals surface area contributed by atoms with Gasteiger partial charge < -0.3 is 10.3 Å². The topological polar surface area (TPSA) is 60.9 Å². The number of carbonyl (C=O) groups excluding carboxylic acids is 1. The molecule has 0 fully saturated rings. The van der Waals surface area contributed by atoms with Crippen molar-refractivity contribution in [1.29, 1.82) is 0 Å². The molecule has 88 valence electrons. The minimum atomic E-state index is 0.0975. The summed E-state index contributed by atoms with van der Waals surface area (Å²) >= 11 is 0. The Hall–Kier alpha value is -2.10. The van der Waals surface area contributed by atoms with Crippen LogP contribution in [-0.2, 0) is 13.5 Å². The maximum Gasteiger partial charge on any atom is 0.163 e. The van der Waals surface area contributed by atoms with Gasteiger partial charge in [-0.3, -0.25) is 4.79 Å². The summed E-state index contributed by atoms with van der Waals surface area (Å²) in [6, 6.07) is 7.07. The van der Waals surface area contributed by atoms with Crippen LogP contribution in [0.25, 0.3) is 0 Å². The van der Waals surface area contributed by atoms with E-state index in [4.69, 9.17) is 5.73 Å². The molecule has 0 saturated heterocycles. The number of hydrogen-bond acceptors (Lipinski definition) is 3. The van der Waals surface area contributed by atoms with Gasteiger partial charge in [0, 0.05) is 43.5 Å². The molecule has 4 nitrogen and oxygen atoms in total. The average Bonchev–Trinajstić information content (AvgIpc) is 2.72. The Morgan fingerprint density at radius 2 is 2.29 bits per heavy atom. The van der Waals surface area contributed by atoms with Crippen LogP contribution >= 0.6 is 0 Å². The van der Waals surface area contributed by atoms with E-state index < -0.39 is 0 Å². The van der Waals surface area contributed by atoms with Gasteiger partial charge in [-0.1, -0.05) is 12.1 Å². The number of aromatic nitrogens is 2. The first-order chi connectivity index (χ1) is 8.16. The molecule has 0 unspecified atom stereocenters. The number of rotatable bonds is 4. The van der Waals surface area contributed by atoms with Gasteiger partial charge in [-0.15, -0.1) is 0 Å². The van der Waals surface area contributed by atoms with Crippen LogP contribution in [0.2, 0.25) is 0 Å². The number of imidazole rings is 1. The SMILES string of the molecule is Cn1ccnc1CCC(=O)c1cccc(N)c1. The van der Waals surface area contributed by atoms with E-state index in [1.165, 1.54) is 0 Å². The number of carbonyl (C=O) groups is 1. The van der Waals surface area contributed by atoms with Crippen molar-refractivity contribution in [1.82, 2.24) is 9.55 Å². The van der Waals surface area contributed by atoms with Crippen LogP contribution in [0.5, 0.6) is 0 Å². The third-order valence-electron chi connectivity index (χ3n) is 2.71. The zero-order chi connectivity index (χ0) is 12.3. The zero-order valence-corrected chi connectivity index (χ0v) is 9.76. The summed E-state index contributed by atoms with van der Waals surface area (Å²) in [6.07, 6.45) is 4.71. The molecular formula is C13H15N3O. The van der Waals surface area contributed by atoms with Crippen molar-refractivity contribution in [2.24, 2.45) is 7.05 Å². The molecule has 1 aromatic heterocycles. The van der Waals surface area contributed by atoms with E-state index in [2.05, 4.69) is 4.98 Å². The molecule has 0 spiro atoms. The Morgan fingerprint density at radius 1 is 1.47 bits per heavy atom. The van der Waals surface area contributed by atoms with Gasteiger partial charge in [0.15, 0.2) is 5.78 Å². The molecule has 0 radical (unpaired) electrons. The van der Waals surface area contributed by atoms with Gasteiger partial charge >= 0.3 is 0 Å². The fourth-order valence-electron chi connectivity index (χ4n) is 1.72. The molecule has 0 saturated carbocycles. The van der Waals surface area contributed by atoms with Crippen LogP contribution in [-0.4, -0.2) is 15.3 Å². The second kappa shape index (κ2) is 4.82. The van der Waals surface area contributed by atoms with Gasteiger partial charge in [-0.05, 0) is 12.1 Å². The standard InChI is InChI=1S/C13H15N3O/c1-16-8-7-15-13(16)6-5-12(17)10-3-2-4-11(14)9-10/h2-4,7-9H,5-6,14H2,1H3. The van der Waals surface area contributed by atoms with Gasteiger partial charge in [0.1, 0.15) is 5.82 Å². The molecule has 2 aromatic rings. The minimum absolute atomic E-state index is 0.0975. The van der Waals surface area contributed by atoms with Crippen molar-refractivity contribution in [3.8, 4) is 0 Å². The summed E-state index contributed by atoms with van der Waals surface area (Å²) in [5.74, 6) is 1.02. The quantitative estimate of drug-likeness (QED) is 0.642. The molecule has 4 heteroatoms. The van der Waals surface area contributed by atoms with E-state index in [9.17, 15) is 4.79 Å². The number of nitrogens with zero attached hydrogens (tertiary/aromatic N) is 2. The van der Waals surface area contributed by atoms with Crippen molar-refractivity contribution in [2.45, 2.75) is 12.8 Å². The number of anilines is 1. The lowest BCUT2D eigenvalue weighted by Gasteiger charge is -2.03. The Morgan fingerprint density at radius 3 is 2.94 bits per heavy atom. The first kappa shape index (κ1) is 11.4. The van der Waals surface area contributed by atoms with Crippen LogP contribution in [0.3, 0.4) is 0 Å². The number of nitrogen functional groups attached to an aromatic ring is 1. The second-order valence-corrected chi connectivity index (χ2v) is 4.00. The highest BCUT2D eigenvalue weighted by molar-refractivity contribution is 5.96. The zero-order valence-electron chi connectivity index (χ0n) is 9.76. The van der Waals surface area contributed by atoms with E-state index in [0.717, 1.165) is 5.82 Å². The van der Waals surface area contributed by atoms with Gasteiger partial charge in [0.05, 0.1) is 0 Å². The number of ketones is 1. The number of nitrogens with two attached hydrogens (primary N) is 1. The Bertz CT molecular complexity index is 531. The lowest BCUT2D eigenvalue weighted by molar-refractivity contribution is 0.0982. The first-order valence-electron chi connectivity index (χ1n) is 5.52. The average molecular weight is 229 g/mol. The minimum Gasteiger partial charge on any atom is -0.399 e. The largest absolute Gasteiger partial charge is 0.399 e. The van der Waals surface area contributed by atoms with Gasteiger partial charge in [0.2, 0.25) is 0 Å². The van der Waals surface area contributed by atoms with E-state index in [1.807, 2.05) is 17.8 Å². The predicted molar refractivity (Wildman–Crippen MR) is 66.7 cm³/mol. The monoisotopic (exact) mass is 229 g/mol. The molecule has 2 N–H and O–H groups in total. The van der Waals surface area contributed by atoms with Crippen LogP contribution in [0, 0.1) is 0 Å². The molecule has 1 aromatic carbocycles. The fourth-order valence-corrected chi connectivity index (χ4v) is 1.72. The van der Waals surface area contributed by atoms with E-state index in [-0.39, 0.29) is 5.78 Å². The van der Waals surface area contributed by atoms with Gasteiger partial charge in [-0.25, -0.2) is 4.98 Å². The molecular weight excluding hydrogens is 214 g/mol. The number of aryl methyl sites for hydroxylation is 2. The maximum absolute atomic E-state index is 11.9. The summed E-state index contributed by atoms with van der Waals surface area (Å²) in [4.78, 5) is 16.1. The molecule has 0 atom stereocenters. The maximum atomic E-state index is 11.9. The Labute approximate surface area is 100 Å². The van der Waals surface area contributed by atoms with Gasteiger partial charge in [0.25, 0.3) is 0 Å². The van der Waals surface area contributed by atoms with Crippen molar-refractivity contribution in [2.75, 3.05) is 5.73 Å². The number of benzene rings is 1. The molecule has 0 aliphatic heterocycles. The van der Waals surface area contributed by atoms with E-state index in [1.54, 1.807) is 30.5 Å².